The van der Waals surface area contributed by atoms with Gasteiger partial charge in [-0.2, -0.15) is 5.10 Å². The molecular formula is C14H21N3O4. The molecule has 7 nitrogen and oxygen atoms in total. The maximum atomic E-state index is 12.3. The van der Waals surface area contributed by atoms with Crippen LogP contribution in [0.3, 0.4) is 0 Å². The minimum atomic E-state index is -0.879. The Bertz CT molecular complexity index is 502. The van der Waals surface area contributed by atoms with Gasteiger partial charge >= 0.3 is 5.97 Å². The van der Waals surface area contributed by atoms with Crippen molar-refractivity contribution in [2.75, 3.05) is 7.05 Å². The molecule has 1 fully saturated rings. The van der Waals surface area contributed by atoms with Gasteiger partial charge in [-0.05, 0) is 19.8 Å². The first kappa shape index (κ1) is 15.5. The summed E-state index contributed by atoms with van der Waals surface area (Å²) in [7, 11) is 1.51. The number of hydrogen-bond acceptors (Lipinski definition) is 4. The Balaban J connectivity index is 2.12. The van der Waals surface area contributed by atoms with Crippen LogP contribution in [0.1, 0.15) is 45.4 Å². The number of aliphatic carboxylic acids is 1. The average Bonchev–Trinajstić information content (AvgIpc) is 2.41. The second-order valence-electron chi connectivity index (χ2n) is 5.97. The predicted octanol–water partition coefficient (Wildman–Crippen LogP) is 0.744. The Labute approximate surface area is 123 Å². The molecule has 1 saturated carbocycles. The molecule has 1 aliphatic heterocycles. The smallest absolute Gasteiger partial charge is 0.308 e. The number of nitrogens with one attached hydrogen (secondary N) is 1. The van der Waals surface area contributed by atoms with Gasteiger partial charge < -0.3 is 10.4 Å². The Morgan fingerprint density at radius 3 is 2.71 bits per heavy atom. The Morgan fingerprint density at radius 1 is 1.38 bits per heavy atom. The van der Waals surface area contributed by atoms with Crippen LogP contribution in [-0.2, 0) is 14.4 Å². The summed E-state index contributed by atoms with van der Waals surface area (Å²) in [5.41, 5.74) is -0.475. The highest BCUT2D eigenvalue weighted by molar-refractivity contribution is 6.39. The normalized spacial score (nSPS) is 29.8. The predicted molar refractivity (Wildman–Crippen MR) is 75.6 cm³/mol. The Hall–Kier alpha value is -1.92. The molecule has 116 valence electrons. The lowest BCUT2D eigenvalue weighted by Gasteiger charge is -2.40. The van der Waals surface area contributed by atoms with Crippen LogP contribution in [0.4, 0.5) is 0 Å². The molecule has 2 aliphatic rings. The van der Waals surface area contributed by atoms with Gasteiger partial charge in [0.2, 0.25) is 5.91 Å². The largest absolute Gasteiger partial charge is 0.481 e. The van der Waals surface area contributed by atoms with Gasteiger partial charge in [0.1, 0.15) is 5.71 Å². The van der Waals surface area contributed by atoms with E-state index in [1.807, 2.05) is 0 Å². The first-order chi connectivity index (χ1) is 9.83. The van der Waals surface area contributed by atoms with Crippen molar-refractivity contribution in [3.05, 3.63) is 0 Å². The van der Waals surface area contributed by atoms with Crippen LogP contribution in [-0.4, -0.2) is 46.2 Å². The molecule has 2 amide bonds. The lowest BCUT2D eigenvalue weighted by atomic mass is 9.73. The van der Waals surface area contributed by atoms with E-state index in [-0.39, 0.29) is 23.9 Å². The molecular weight excluding hydrogens is 274 g/mol. The molecule has 7 heteroatoms. The molecule has 1 aliphatic carbocycles. The van der Waals surface area contributed by atoms with E-state index < -0.39 is 17.4 Å². The summed E-state index contributed by atoms with van der Waals surface area (Å²) in [6, 6.07) is 0. The van der Waals surface area contributed by atoms with E-state index in [2.05, 4.69) is 10.4 Å². The summed E-state index contributed by atoms with van der Waals surface area (Å²) in [5.74, 6) is -1.96. The number of amides is 2. The lowest BCUT2D eigenvalue weighted by molar-refractivity contribution is -0.146. The van der Waals surface area contributed by atoms with Gasteiger partial charge in [0.15, 0.2) is 0 Å². The number of carbonyl (C=O) groups is 3. The fraction of sp³-hybridized carbons (Fsp3) is 0.714. The average molecular weight is 295 g/mol. The van der Waals surface area contributed by atoms with Crippen molar-refractivity contribution in [3.63, 3.8) is 0 Å². The molecule has 2 rings (SSSR count). The molecule has 1 heterocycles. The number of rotatable bonds is 3. The SMILES string of the molecule is CN1N=C(C(=O)NC2(C)CCCCC2C(=O)O)CCC1=O. The highest BCUT2D eigenvalue weighted by Gasteiger charge is 2.42. The van der Waals surface area contributed by atoms with Crippen molar-refractivity contribution in [1.82, 2.24) is 10.3 Å². The first-order valence-electron chi connectivity index (χ1n) is 7.23. The zero-order chi connectivity index (χ0) is 15.6. The van der Waals surface area contributed by atoms with E-state index >= 15 is 0 Å². The molecule has 0 bridgehead atoms. The highest BCUT2D eigenvalue weighted by atomic mass is 16.4. The van der Waals surface area contributed by atoms with Crippen molar-refractivity contribution < 1.29 is 19.5 Å². The second-order valence-corrected chi connectivity index (χ2v) is 5.97. The number of carboxylic acids is 1. The first-order valence-corrected chi connectivity index (χ1v) is 7.23. The van der Waals surface area contributed by atoms with Gasteiger partial charge in [0.05, 0.1) is 11.5 Å². The molecule has 0 aromatic rings. The fourth-order valence-corrected chi connectivity index (χ4v) is 3.04. The second kappa shape index (κ2) is 5.83. The van der Waals surface area contributed by atoms with E-state index in [1.54, 1.807) is 6.92 Å². The van der Waals surface area contributed by atoms with E-state index in [1.165, 1.54) is 7.05 Å². The number of hydrogen-bond donors (Lipinski definition) is 2. The number of nitrogens with zero attached hydrogens (tertiary/aromatic N) is 2. The summed E-state index contributed by atoms with van der Waals surface area (Å²) < 4.78 is 0. The van der Waals surface area contributed by atoms with Crippen LogP contribution < -0.4 is 5.32 Å². The van der Waals surface area contributed by atoms with Crippen LogP contribution in [0, 0.1) is 5.92 Å². The fourth-order valence-electron chi connectivity index (χ4n) is 3.04. The highest BCUT2D eigenvalue weighted by Crippen LogP contribution is 2.34. The molecule has 0 aromatic carbocycles. The number of carboxylic acid groups (broad SMARTS) is 1. The van der Waals surface area contributed by atoms with Gasteiger partial charge in [0, 0.05) is 19.9 Å². The molecule has 21 heavy (non-hydrogen) atoms. The molecule has 0 saturated heterocycles. The van der Waals surface area contributed by atoms with E-state index in [0.717, 1.165) is 17.9 Å². The van der Waals surface area contributed by atoms with Crippen molar-refractivity contribution in [3.8, 4) is 0 Å². The van der Waals surface area contributed by atoms with Crippen LogP contribution in [0.2, 0.25) is 0 Å². The molecule has 2 atom stereocenters. The monoisotopic (exact) mass is 295 g/mol. The number of hydrazone groups is 1. The third-order valence-electron chi connectivity index (χ3n) is 4.37. The van der Waals surface area contributed by atoms with Crippen molar-refractivity contribution in [2.45, 2.75) is 51.0 Å². The third kappa shape index (κ3) is 3.22. The van der Waals surface area contributed by atoms with Gasteiger partial charge in [-0.1, -0.05) is 12.8 Å². The summed E-state index contributed by atoms with van der Waals surface area (Å²) in [5, 5.41) is 17.3. The van der Waals surface area contributed by atoms with Crippen LogP contribution in [0.15, 0.2) is 5.10 Å². The lowest BCUT2D eigenvalue weighted by Crippen LogP contribution is -2.57. The van der Waals surface area contributed by atoms with Crippen LogP contribution in [0.5, 0.6) is 0 Å². The number of carbonyl (C=O) groups excluding carboxylic acids is 2. The molecule has 2 N–H and O–H groups in total. The van der Waals surface area contributed by atoms with E-state index in [9.17, 15) is 19.5 Å². The molecule has 0 spiro atoms. The quantitative estimate of drug-likeness (QED) is 0.802. The van der Waals surface area contributed by atoms with Crippen LogP contribution in [0.25, 0.3) is 0 Å². The van der Waals surface area contributed by atoms with E-state index in [4.69, 9.17) is 0 Å². The topological polar surface area (TPSA) is 99.1 Å². The summed E-state index contributed by atoms with van der Waals surface area (Å²) in [6.45, 7) is 1.78. The van der Waals surface area contributed by atoms with Crippen molar-refractivity contribution in [1.29, 1.82) is 0 Å². The van der Waals surface area contributed by atoms with Crippen LogP contribution >= 0.6 is 0 Å². The zero-order valence-corrected chi connectivity index (χ0v) is 12.4. The standard InChI is InChI=1S/C14H21N3O4/c1-14(8-4-3-5-9(14)13(20)21)15-12(19)10-6-7-11(18)17(2)16-10/h9H,3-8H2,1-2H3,(H,15,19)(H,20,21). The van der Waals surface area contributed by atoms with Gasteiger partial charge in [-0.3, -0.25) is 14.4 Å². The van der Waals surface area contributed by atoms with E-state index in [0.29, 0.717) is 19.3 Å². The third-order valence-corrected chi connectivity index (χ3v) is 4.37. The maximum Gasteiger partial charge on any atom is 0.308 e. The van der Waals surface area contributed by atoms with Crippen molar-refractivity contribution >= 4 is 23.5 Å². The molecule has 0 aromatic heterocycles. The molecule has 2 unspecified atom stereocenters. The maximum absolute atomic E-state index is 12.3. The van der Waals surface area contributed by atoms with Gasteiger partial charge in [-0.25, -0.2) is 5.01 Å². The Kier molecular flexibility index (Phi) is 4.29. The van der Waals surface area contributed by atoms with Crippen molar-refractivity contribution in [2.24, 2.45) is 11.0 Å². The summed E-state index contributed by atoms with van der Waals surface area (Å²) >= 11 is 0. The summed E-state index contributed by atoms with van der Waals surface area (Å²) in [6.07, 6.45) is 3.51. The van der Waals surface area contributed by atoms with Gasteiger partial charge in [0.25, 0.3) is 5.91 Å². The minimum absolute atomic E-state index is 0.126. The Morgan fingerprint density at radius 2 is 2.10 bits per heavy atom. The summed E-state index contributed by atoms with van der Waals surface area (Å²) in [4.78, 5) is 35.1. The minimum Gasteiger partial charge on any atom is -0.481 e. The molecule has 0 radical (unpaired) electrons. The van der Waals surface area contributed by atoms with Gasteiger partial charge in [-0.15, -0.1) is 0 Å². The zero-order valence-electron chi connectivity index (χ0n) is 12.4.